The lowest BCUT2D eigenvalue weighted by Crippen LogP contribution is -2.22. The molecule has 0 spiro atoms. The number of rotatable bonds is 13. The highest BCUT2D eigenvalue weighted by Crippen LogP contribution is 2.18. The third-order valence-electron chi connectivity index (χ3n) is 3.40. The molecule has 29 heavy (non-hydrogen) atoms. The van der Waals surface area contributed by atoms with Gasteiger partial charge >= 0.3 is 17.9 Å². The fraction of sp³-hybridized carbons (Fsp3) is 0.400. The predicted octanol–water partition coefficient (Wildman–Crippen LogP) is 2.39. The summed E-state index contributed by atoms with van der Waals surface area (Å²) in [5, 5.41) is 17.2. The minimum Gasteiger partial charge on any atom is -0.472 e. The third-order valence-corrected chi connectivity index (χ3v) is 3.40. The summed E-state index contributed by atoms with van der Waals surface area (Å²) in [6, 6.07) is 3.47. The molecule has 0 fully saturated rings. The van der Waals surface area contributed by atoms with Crippen molar-refractivity contribution in [2.75, 3.05) is 19.8 Å². The van der Waals surface area contributed by atoms with Crippen molar-refractivity contribution < 1.29 is 28.6 Å². The average molecular weight is 399 g/mol. The largest absolute Gasteiger partial charge is 0.472 e. The van der Waals surface area contributed by atoms with Crippen LogP contribution < -0.4 is 0 Å². The molecule has 0 aliphatic heterocycles. The monoisotopic (exact) mass is 399 g/mol. The van der Waals surface area contributed by atoms with Gasteiger partial charge in [0.2, 0.25) is 0 Å². The normalized spacial score (nSPS) is 9.31. The Kier molecular flexibility index (Phi) is 12.3. The fourth-order valence-electron chi connectivity index (χ4n) is 1.81. The van der Waals surface area contributed by atoms with E-state index in [1.54, 1.807) is 12.1 Å². The Morgan fingerprint density at radius 1 is 0.862 bits per heavy atom. The van der Waals surface area contributed by atoms with Crippen LogP contribution in [0.3, 0.4) is 0 Å². The Balaban J connectivity index is 4.73. The van der Waals surface area contributed by atoms with Crippen LogP contribution in [0.2, 0.25) is 0 Å². The van der Waals surface area contributed by atoms with Crippen LogP contribution in [0, 0.1) is 35.2 Å². The molecule has 0 amide bonds. The van der Waals surface area contributed by atoms with E-state index in [0.29, 0.717) is 0 Å². The molecule has 0 atom stereocenters. The zero-order chi connectivity index (χ0) is 22.2. The molecule has 152 valence electrons. The van der Waals surface area contributed by atoms with Gasteiger partial charge in [0.25, 0.3) is 0 Å². The molecular formula is C20H21N3O6. The Bertz CT molecular complexity index is 749. The molecule has 0 saturated carbocycles. The number of carbonyl (C=O) groups is 3. The second-order valence-electron chi connectivity index (χ2n) is 5.81. The van der Waals surface area contributed by atoms with Crippen molar-refractivity contribution in [1.29, 1.82) is 10.5 Å². The SMILES string of the molecule is [C-]#[N+]C(=C)COC(=O)C(CCC(=O)OCC(=C)C#N)CCC(=O)OCC(=C)C#N. The van der Waals surface area contributed by atoms with E-state index >= 15 is 0 Å². The summed E-state index contributed by atoms with van der Waals surface area (Å²) in [5.41, 5.74) is 0.184. The van der Waals surface area contributed by atoms with Crippen molar-refractivity contribution >= 4 is 17.9 Å². The van der Waals surface area contributed by atoms with Gasteiger partial charge in [-0.25, -0.2) is 4.85 Å². The molecule has 9 nitrogen and oxygen atoms in total. The molecule has 0 unspecified atom stereocenters. The zero-order valence-electron chi connectivity index (χ0n) is 15.9. The van der Waals surface area contributed by atoms with Crippen LogP contribution in [0.5, 0.6) is 0 Å². The summed E-state index contributed by atoms with van der Waals surface area (Å²) >= 11 is 0. The van der Waals surface area contributed by atoms with Crippen LogP contribution in [0.15, 0.2) is 36.6 Å². The van der Waals surface area contributed by atoms with Crippen molar-refractivity contribution in [2.24, 2.45) is 5.92 Å². The molecule has 0 aromatic heterocycles. The molecule has 0 bridgehead atoms. The molecule has 0 heterocycles. The van der Waals surface area contributed by atoms with Gasteiger partial charge in [0.1, 0.15) is 19.8 Å². The summed E-state index contributed by atoms with van der Waals surface area (Å²) < 4.78 is 14.7. The van der Waals surface area contributed by atoms with Crippen molar-refractivity contribution in [3.63, 3.8) is 0 Å². The predicted molar refractivity (Wildman–Crippen MR) is 100 cm³/mol. The summed E-state index contributed by atoms with van der Waals surface area (Å²) in [7, 11) is 0. The Morgan fingerprint density at radius 3 is 1.69 bits per heavy atom. The van der Waals surface area contributed by atoms with E-state index in [0.717, 1.165) is 0 Å². The lowest BCUT2D eigenvalue weighted by atomic mass is 9.97. The van der Waals surface area contributed by atoms with Gasteiger partial charge in [-0.3, -0.25) is 14.4 Å². The molecule has 0 aromatic carbocycles. The second-order valence-corrected chi connectivity index (χ2v) is 5.81. The number of hydrogen-bond acceptors (Lipinski definition) is 8. The maximum absolute atomic E-state index is 12.2. The van der Waals surface area contributed by atoms with Gasteiger partial charge < -0.3 is 14.2 Å². The van der Waals surface area contributed by atoms with Crippen molar-refractivity contribution in [3.8, 4) is 12.1 Å². The minimum atomic E-state index is -0.827. The minimum absolute atomic E-state index is 0.0272. The molecule has 0 N–H and O–H groups in total. The summed E-state index contributed by atoms with van der Waals surface area (Å²) in [5.74, 6) is -2.81. The van der Waals surface area contributed by atoms with E-state index in [1.807, 2.05) is 0 Å². The number of ether oxygens (including phenoxy) is 3. The fourth-order valence-corrected chi connectivity index (χ4v) is 1.81. The summed E-state index contributed by atoms with van der Waals surface area (Å²) in [6.07, 6.45) is -0.246. The van der Waals surface area contributed by atoms with Crippen LogP contribution in [-0.2, 0) is 28.6 Å². The number of nitriles is 2. The average Bonchev–Trinajstić information content (AvgIpc) is 2.73. The molecule has 0 saturated heterocycles. The molecule has 0 aliphatic rings. The number of nitrogens with zero attached hydrogens (tertiary/aromatic N) is 3. The number of esters is 3. The topological polar surface area (TPSA) is 131 Å². The first-order chi connectivity index (χ1) is 13.7. The molecule has 9 heteroatoms. The van der Waals surface area contributed by atoms with Crippen molar-refractivity contribution in [1.82, 2.24) is 0 Å². The van der Waals surface area contributed by atoms with Gasteiger partial charge in [-0.15, -0.1) is 0 Å². The Morgan fingerprint density at radius 2 is 1.31 bits per heavy atom. The van der Waals surface area contributed by atoms with E-state index in [2.05, 4.69) is 24.6 Å². The van der Waals surface area contributed by atoms with E-state index in [-0.39, 0.29) is 62.3 Å². The Labute approximate surface area is 169 Å². The van der Waals surface area contributed by atoms with Gasteiger partial charge in [0.05, 0.1) is 35.8 Å². The summed E-state index contributed by atoms with van der Waals surface area (Å²) in [6.45, 7) is 16.2. The number of hydrogen-bond donors (Lipinski definition) is 0. The molecule has 0 aromatic rings. The van der Waals surface area contributed by atoms with Crippen molar-refractivity contribution in [2.45, 2.75) is 25.7 Å². The molecular weight excluding hydrogens is 378 g/mol. The highest BCUT2D eigenvalue weighted by molar-refractivity contribution is 5.76. The van der Waals surface area contributed by atoms with Crippen LogP contribution in [0.1, 0.15) is 25.7 Å². The lowest BCUT2D eigenvalue weighted by Gasteiger charge is -2.15. The van der Waals surface area contributed by atoms with Gasteiger partial charge in [-0.05, 0) is 12.8 Å². The smallest absolute Gasteiger partial charge is 0.308 e. The molecule has 0 aliphatic carbocycles. The van der Waals surface area contributed by atoms with Gasteiger partial charge in [0.15, 0.2) is 5.70 Å². The van der Waals surface area contributed by atoms with E-state index in [1.165, 1.54) is 0 Å². The van der Waals surface area contributed by atoms with Gasteiger partial charge in [0, 0.05) is 12.8 Å². The highest BCUT2D eigenvalue weighted by Gasteiger charge is 2.23. The first-order valence-electron chi connectivity index (χ1n) is 8.42. The van der Waals surface area contributed by atoms with Crippen LogP contribution in [0.25, 0.3) is 4.85 Å². The molecule has 0 radical (unpaired) electrons. The zero-order valence-corrected chi connectivity index (χ0v) is 15.9. The van der Waals surface area contributed by atoms with E-state index in [9.17, 15) is 14.4 Å². The first kappa shape index (κ1) is 25.1. The highest BCUT2D eigenvalue weighted by atomic mass is 16.5. The standard InChI is InChI=1S/C20H21N3O6/c1-14(9-21)11-27-18(24)7-5-17(20(26)29-13-16(3)23-4)6-8-19(25)28-12-15(2)10-22/h17H,1-3,5-8,11-13H2. The maximum Gasteiger partial charge on any atom is 0.308 e. The van der Waals surface area contributed by atoms with Crippen molar-refractivity contribution in [3.05, 3.63) is 48.0 Å². The second kappa shape index (κ2) is 14.2. The van der Waals surface area contributed by atoms with E-state index < -0.39 is 23.8 Å². The quantitative estimate of drug-likeness (QED) is 0.200. The maximum atomic E-state index is 12.2. The molecule has 0 rings (SSSR count). The van der Waals surface area contributed by atoms with Crippen LogP contribution in [-0.4, -0.2) is 37.7 Å². The Hall–Kier alpha value is -3.90. The van der Waals surface area contributed by atoms with E-state index in [4.69, 9.17) is 31.3 Å². The van der Waals surface area contributed by atoms with Gasteiger partial charge in [-0.1, -0.05) is 19.7 Å². The third kappa shape index (κ3) is 12.2. The van der Waals surface area contributed by atoms with Crippen LogP contribution in [0.4, 0.5) is 0 Å². The van der Waals surface area contributed by atoms with Gasteiger partial charge in [-0.2, -0.15) is 10.5 Å². The lowest BCUT2D eigenvalue weighted by molar-refractivity contribution is -0.149. The summed E-state index contributed by atoms with van der Waals surface area (Å²) in [4.78, 5) is 38.7. The number of carbonyl (C=O) groups excluding carboxylic acids is 3. The first-order valence-corrected chi connectivity index (χ1v) is 8.42. The van der Waals surface area contributed by atoms with Crippen LogP contribution >= 0.6 is 0 Å².